The lowest BCUT2D eigenvalue weighted by Crippen LogP contribution is -2.26. The zero-order valence-corrected chi connectivity index (χ0v) is 20.1. The maximum absolute atomic E-state index is 13.0. The van der Waals surface area contributed by atoms with Gasteiger partial charge >= 0.3 is 0 Å². The maximum atomic E-state index is 13.0. The number of amides is 1. The van der Waals surface area contributed by atoms with Crippen molar-refractivity contribution >= 4 is 43.2 Å². The van der Waals surface area contributed by atoms with Crippen LogP contribution < -0.4 is 18.6 Å². The van der Waals surface area contributed by atoms with Crippen LogP contribution in [-0.4, -0.2) is 39.2 Å². The predicted octanol–water partition coefficient (Wildman–Crippen LogP) is 3.58. The van der Waals surface area contributed by atoms with E-state index >= 15 is 0 Å². The highest BCUT2D eigenvalue weighted by atomic mass is 32.2. The number of aromatic nitrogens is 1. The third kappa shape index (κ3) is 3.95. The first-order valence-electron chi connectivity index (χ1n) is 10.5. The molecule has 0 spiro atoms. The third-order valence-corrected chi connectivity index (χ3v) is 8.44. The minimum Gasteiger partial charge on any atom is -0.486 e. The summed E-state index contributed by atoms with van der Waals surface area (Å²) in [6.45, 7) is 0.994. The Morgan fingerprint density at radius 2 is 1.65 bits per heavy atom. The van der Waals surface area contributed by atoms with Gasteiger partial charge in [-0.05, 0) is 36.4 Å². The number of carbonyl (C=O) groups excluding carboxylic acids is 1. The van der Waals surface area contributed by atoms with Crippen molar-refractivity contribution in [2.45, 2.75) is 4.90 Å². The quantitative estimate of drug-likeness (QED) is 0.432. The van der Waals surface area contributed by atoms with Crippen molar-refractivity contribution < 1.29 is 22.7 Å². The number of ether oxygens (including phenoxy) is 2. The van der Waals surface area contributed by atoms with Crippen LogP contribution in [0.15, 0.2) is 76.6 Å². The van der Waals surface area contributed by atoms with E-state index in [4.69, 9.17) is 9.47 Å². The largest absolute Gasteiger partial charge is 0.486 e. The summed E-state index contributed by atoms with van der Waals surface area (Å²) in [6, 6.07) is 18.4. The number of fused-ring (bicyclic) bond motifs is 2. The fourth-order valence-electron chi connectivity index (χ4n) is 3.63. The molecular weight excluding hydrogens is 474 g/mol. The van der Waals surface area contributed by atoms with Gasteiger partial charge < -0.3 is 14.0 Å². The molecule has 5 rings (SSSR count). The van der Waals surface area contributed by atoms with Crippen molar-refractivity contribution in [1.82, 2.24) is 4.57 Å². The molecule has 1 aliphatic heterocycles. The lowest BCUT2D eigenvalue weighted by Gasteiger charge is -2.19. The van der Waals surface area contributed by atoms with E-state index in [1.165, 1.54) is 47.0 Å². The van der Waals surface area contributed by atoms with E-state index in [2.05, 4.69) is 4.99 Å². The van der Waals surface area contributed by atoms with Crippen molar-refractivity contribution in [3.63, 3.8) is 0 Å². The molecule has 0 bridgehead atoms. The van der Waals surface area contributed by atoms with E-state index in [-0.39, 0.29) is 4.90 Å². The van der Waals surface area contributed by atoms with Crippen molar-refractivity contribution in [3.8, 4) is 11.5 Å². The standard InChI is InChI=1S/C24H21N3O5S2/c1-26-19-14-20-21(32-13-12-31-20)15-22(19)33-24(26)25-23(28)16-8-10-18(11-9-16)34(29,30)27(2)17-6-4-3-5-7-17/h3-11,14-15H,12-13H2,1-2H3. The van der Waals surface area contributed by atoms with Gasteiger partial charge in [0.25, 0.3) is 15.9 Å². The van der Waals surface area contributed by atoms with Gasteiger partial charge in [-0.2, -0.15) is 4.99 Å². The molecule has 10 heteroatoms. The van der Waals surface area contributed by atoms with Crippen LogP contribution in [0, 0.1) is 0 Å². The molecule has 0 saturated heterocycles. The number of aryl methyl sites for hydroxylation is 1. The first kappa shape index (κ1) is 22.2. The fraction of sp³-hybridized carbons (Fsp3) is 0.167. The first-order valence-corrected chi connectivity index (χ1v) is 12.7. The summed E-state index contributed by atoms with van der Waals surface area (Å²) in [5, 5.41) is 0. The predicted molar refractivity (Wildman–Crippen MR) is 130 cm³/mol. The summed E-state index contributed by atoms with van der Waals surface area (Å²) in [5.74, 6) is 0.887. The van der Waals surface area contributed by atoms with Crippen LogP contribution in [0.25, 0.3) is 10.2 Å². The van der Waals surface area contributed by atoms with E-state index in [1.807, 2.05) is 29.8 Å². The molecule has 1 aliphatic rings. The second kappa shape index (κ2) is 8.62. The number of hydrogen-bond donors (Lipinski definition) is 0. The first-order chi connectivity index (χ1) is 16.3. The Bertz CT molecular complexity index is 1560. The molecule has 1 aromatic heterocycles. The Labute approximate surface area is 200 Å². The van der Waals surface area contributed by atoms with Crippen LogP contribution in [0.1, 0.15) is 10.4 Å². The molecule has 0 unspecified atom stereocenters. The molecule has 174 valence electrons. The number of sulfonamides is 1. The smallest absolute Gasteiger partial charge is 0.279 e. The van der Waals surface area contributed by atoms with Gasteiger partial charge in [-0.15, -0.1) is 0 Å². The maximum Gasteiger partial charge on any atom is 0.279 e. The highest BCUT2D eigenvalue weighted by Gasteiger charge is 2.21. The van der Waals surface area contributed by atoms with Crippen LogP contribution in [0.2, 0.25) is 0 Å². The molecule has 34 heavy (non-hydrogen) atoms. The second-order valence-corrected chi connectivity index (χ2v) is 10.6. The van der Waals surface area contributed by atoms with E-state index in [1.54, 1.807) is 24.3 Å². The van der Waals surface area contributed by atoms with Gasteiger partial charge in [0.05, 0.1) is 20.8 Å². The summed E-state index contributed by atoms with van der Waals surface area (Å²) in [4.78, 5) is 17.7. The van der Waals surface area contributed by atoms with Crippen molar-refractivity contribution in [3.05, 3.63) is 77.1 Å². The lowest BCUT2D eigenvalue weighted by molar-refractivity contribution is 0.0998. The average molecular weight is 496 g/mol. The number of para-hydroxylation sites is 1. The fourth-order valence-corrected chi connectivity index (χ4v) is 5.85. The van der Waals surface area contributed by atoms with Gasteiger partial charge in [0, 0.05) is 31.8 Å². The van der Waals surface area contributed by atoms with Crippen molar-refractivity contribution in [1.29, 1.82) is 0 Å². The molecule has 4 aromatic rings. The lowest BCUT2D eigenvalue weighted by atomic mass is 10.2. The Morgan fingerprint density at radius 1 is 1.00 bits per heavy atom. The van der Waals surface area contributed by atoms with E-state index in [0.717, 1.165) is 10.2 Å². The molecule has 3 aromatic carbocycles. The minimum atomic E-state index is -3.76. The second-order valence-electron chi connectivity index (χ2n) is 7.66. The number of benzene rings is 3. The molecule has 8 nitrogen and oxygen atoms in total. The van der Waals surface area contributed by atoms with E-state index < -0.39 is 15.9 Å². The molecule has 0 radical (unpaired) electrons. The topological polar surface area (TPSA) is 90.2 Å². The van der Waals surface area contributed by atoms with E-state index in [0.29, 0.717) is 40.8 Å². The van der Waals surface area contributed by atoms with Gasteiger partial charge in [0.15, 0.2) is 16.3 Å². The Balaban J connectivity index is 1.43. The van der Waals surface area contributed by atoms with Crippen LogP contribution in [-0.2, 0) is 17.1 Å². The van der Waals surface area contributed by atoms with Crippen molar-refractivity contribution in [2.75, 3.05) is 24.6 Å². The average Bonchev–Trinajstić information content (AvgIpc) is 3.16. The number of anilines is 1. The van der Waals surface area contributed by atoms with E-state index in [9.17, 15) is 13.2 Å². The summed E-state index contributed by atoms with van der Waals surface area (Å²) in [6.07, 6.45) is 0. The zero-order valence-electron chi connectivity index (χ0n) is 18.5. The number of thiazole rings is 1. The monoisotopic (exact) mass is 495 g/mol. The van der Waals surface area contributed by atoms with Gasteiger partial charge in [-0.3, -0.25) is 9.10 Å². The molecule has 0 fully saturated rings. The highest BCUT2D eigenvalue weighted by molar-refractivity contribution is 7.92. The Hall–Kier alpha value is -3.63. The SMILES string of the molecule is CN(c1ccccc1)S(=O)(=O)c1ccc(C(=O)N=c2sc3cc4c(cc3n2C)OCCO4)cc1. The zero-order chi connectivity index (χ0) is 23.9. The summed E-state index contributed by atoms with van der Waals surface area (Å²) >= 11 is 1.37. The molecule has 0 atom stereocenters. The van der Waals surface area contributed by atoms with Gasteiger partial charge in [-0.1, -0.05) is 29.5 Å². The molecule has 2 heterocycles. The van der Waals surface area contributed by atoms with Gasteiger partial charge in [0.2, 0.25) is 0 Å². The minimum absolute atomic E-state index is 0.0911. The highest BCUT2D eigenvalue weighted by Crippen LogP contribution is 2.35. The summed E-state index contributed by atoms with van der Waals surface area (Å²) < 4.78 is 41.1. The van der Waals surface area contributed by atoms with Crippen LogP contribution >= 0.6 is 11.3 Å². The van der Waals surface area contributed by atoms with Crippen molar-refractivity contribution in [2.24, 2.45) is 12.0 Å². The molecule has 0 saturated carbocycles. The number of nitrogens with zero attached hydrogens (tertiary/aromatic N) is 3. The summed E-state index contributed by atoms with van der Waals surface area (Å²) in [7, 11) is -0.436. The van der Waals surface area contributed by atoms with Gasteiger partial charge in [-0.25, -0.2) is 8.42 Å². The summed E-state index contributed by atoms with van der Waals surface area (Å²) in [5.41, 5.74) is 1.73. The Kier molecular flexibility index (Phi) is 5.62. The van der Waals surface area contributed by atoms with Gasteiger partial charge in [0.1, 0.15) is 13.2 Å². The molecular formula is C24H21N3O5S2. The number of carbonyl (C=O) groups is 1. The number of hydrogen-bond acceptors (Lipinski definition) is 6. The van der Waals surface area contributed by atoms with Crippen LogP contribution in [0.4, 0.5) is 5.69 Å². The van der Waals surface area contributed by atoms with Crippen LogP contribution in [0.5, 0.6) is 11.5 Å². The third-order valence-electron chi connectivity index (χ3n) is 5.55. The van der Waals surface area contributed by atoms with Crippen LogP contribution in [0.3, 0.4) is 0 Å². The molecule has 1 amide bonds. The normalized spacial score (nSPS) is 13.8. The number of rotatable bonds is 4. The molecule has 0 N–H and O–H groups in total. The Morgan fingerprint density at radius 3 is 2.32 bits per heavy atom. The molecule has 0 aliphatic carbocycles.